The molecule has 1 aromatic rings. The molecule has 0 fully saturated rings. The number of carbonyl (C=O) groups is 1. The second-order valence-electron chi connectivity index (χ2n) is 3.02. The van der Waals surface area contributed by atoms with Gasteiger partial charge in [0.1, 0.15) is 18.5 Å². The van der Waals surface area contributed by atoms with Gasteiger partial charge in [0.15, 0.2) is 0 Å². The van der Waals surface area contributed by atoms with E-state index in [1.165, 1.54) is 25.3 Å². The minimum Gasteiger partial charge on any atom is -0.496 e. The summed E-state index contributed by atoms with van der Waals surface area (Å²) in [7, 11) is 1.42. The fourth-order valence-electron chi connectivity index (χ4n) is 1.24. The highest BCUT2D eigenvalue weighted by molar-refractivity contribution is 5.75. The first kappa shape index (κ1) is 11.5. The van der Waals surface area contributed by atoms with E-state index in [2.05, 4.69) is 0 Å². The van der Waals surface area contributed by atoms with Crippen LogP contribution in [0.5, 0.6) is 5.75 Å². The highest BCUT2D eigenvalue weighted by Crippen LogP contribution is 2.23. The van der Waals surface area contributed by atoms with Crippen molar-refractivity contribution in [3.8, 4) is 5.75 Å². The normalized spacial score (nSPS) is 12.2. The van der Waals surface area contributed by atoms with Gasteiger partial charge in [0, 0.05) is 5.56 Å². The topological polar surface area (TPSA) is 72.5 Å². The van der Waals surface area contributed by atoms with Crippen LogP contribution in [0.1, 0.15) is 17.2 Å². The standard InChI is InChI=1S/C10H12FNO3/c1-15-8-3-2-6(4-7(8)5-11)9(12)10(13)14/h2-4,9H,5,12H2,1H3,(H,13,14). The van der Waals surface area contributed by atoms with E-state index in [-0.39, 0.29) is 0 Å². The van der Waals surface area contributed by atoms with Gasteiger partial charge in [-0.15, -0.1) is 0 Å². The maximum atomic E-state index is 12.5. The number of hydrogen-bond acceptors (Lipinski definition) is 3. The van der Waals surface area contributed by atoms with E-state index >= 15 is 0 Å². The fraction of sp³-hybridized carbons (Fsp3) is 0.300. The molecule has 1 rings (SSSR count). The number of nitrogens with two attached hydrogens (primary N) is 1. The van der Waals surface area contributed by atoms with Crippen LogP contribution in [-0.2, 0) is 11.5 Å². The minimum absolute atomic E-state index is 0.298. The van der Waals surface area contributed by atoms with Crippen molar-refractivity contribution >= 4 is 5.97 Å². The van der Waals surface area contributed by atoms with Gasteiger partial charge < -0.3 is 15.6 Å². The first-order valence-electron chi connectivity index (χ1n) is 4.31. The van der Waals surface area contributed by atoms with Crippen molar-refractivity contribution in [1.29, 1.82) is 0 Å². The molecule has 0 bridgehead atoms. The molecular formula is C10H12FNO3. The first-order valence-corrected chi connectivity index (χ1v) is 4.31. The number of hydrogen-bond donors (Lipinski definition) is 2. The van der Waals surface area contributed by atoms with Crippen LogP contribution < -0.4 is 10.5 Å². The van der Waals surface area contributed by atoms with E-state index in [0.29, 0.717) is 16.9 Å². The number of rotatable bonds is 4. The zero-order valence-corrected chi connectivity index (χ0v) is 8.24. The smallest absolute Gasteiger partial charge is 0.325 e. The van der Waals surface area contributed by atoms with Crippen molar-refractivity contribution < 1.29 is 19.0 Å². The van der Waals surface area contributed by atoms with Gasteiger partial charge in [-0.1, -0.05) is 6.07 Å². The Morgan fingerprint density at radius 2 is 2.33 bits per heavy atom. The number of methoxy groups -OCH3 is 1. The molecule has 3 N–H and O–H groups in total. The third-order valence-corrected chi connectivity index (χ3v) is 2.07. The molecule has 82 valence electrons. The SMILES string of the molecule is COc1ccc(C(N)C(=O)O)cc1CF. The number of carboxylic acids is 1. The van der Waals surface area contributed by atoms with Crippen molar-refractivity contribution in [1.82, 2.24) is 0 Å². The highest BCUT2D eigenvalue weighted by Gasteiger charge is 2.15. The van der Waals surface area contributed by atoms with Crippen LogP contribution in [0.15, 0.2) is 18.2 Å². The molecule has 0 aliphatic rings. The van der Waals surface area contributed by atoms with Gasteiger partial charge in [-0.25, -0.2) is 4.39 Å². The van der Waals surface area contributed by atoms with E-state index in [9.17, 15) is 9.18 Å². The number of ether oxygens (including phenoxy) is 1. The Labute approximate surface area is 86.5 Å². The number of benzene rings is 1. The molecule has 0 saturated carbocycles. The third-order valence-electron chi connectivity index (χ3n) is 2.07. The van der Waals surface area contributed by atoms with Crippen LogP contribution in [0.2, 0.25) is 0 Å². The Balaban J connectivity index is 3.07. The van der Waals surface area contributed by atoms with Gasteiger partial charge in [0.2, 0.25) is 0 Å². The molecule has 1 unspecified atom stereocenters. The molecule has 0 heterocycles. The lowest BCUT2D eigenvalue weighted by Crippen LogP contribution is -2.20. The zero-order chi connectivity index (χ0) is 11.4. The molecule has 0 radical (unpaired) electrons. The maximum Gasteiger partial charge on any atom is 0.325 e. The first-order chi connectivity index (χ1) is 7.10. The number of aliphatic carboxylic acids is 1. The summed E-state index contributed by atoms with van der Waals surface area (Å²) in [5.41, 5.74) is 6.05. The van der Waals surface area contributed by atoms with Crippen LogP contribution in [0, 0.1) is 0 Å². The summed E-state index contributed by atoms with van der Waals surface area (Å²) >= 11 is 0. The zero-order valence-electron chi connectivity index (χ0n) is 8.24. The molecule has 0 aromatic heterocycles. The van der Waals surface area contributed by atoms with Crippen LogP contribution in [0.3, 0.4) is 0 Å². The van der Waals surface area contributed by atoms with Crippen molar-refractivity contribution in [2.45, 2.75) is 12.7 Å². The number of alkyl halides is 1. The fourth-order valence-corrected chi connectivity index (χ4v) is 1.24. The summed E-state index contributed by atoms with van der Waals surface area (Å²) in [6, 6.07) is 3.28. The van der Waals surface area contributed by atoms with Crippen LogP contribution in [0.25, 0.3) is 0 Å². The maximum absolute atomic E-state index is 12.5. The molecule has 1 atom stereocenters. The number of halogens is 1. The Bertz CT molecular complexity index is 368. The summed E-state index contributed by atoms with van der Waals surface area (Å²) in [5.74, 6) is -0.760. The lowest BCUT2D eigenvalue weighted by Gasteiger charge is -2.10. The summed E-state index contributed by atoms with van der Waals surface area (Å²) in [6.45, 7) is -0.719. The van der Waals surface area contributed by atoms with Crippen LogP contribution in [-0.4, -0.2) is 18.2 Å². The lowest BCUT2D eigenvalue weighted by atomic mass is 10.0. The minimum atomic E-state index is -1.15. The van der Waals surface area contributed by atoms with Gasteiger partial charge in [-0.05, 0) is 17.7 Å². The van der Waals surface area contributed by atoms with Gasteiger partial charge in [-0.3, -0.25) is 4.79 Å². The largest absolute Gasteiger partial charge is 0.496 e. The third kappa shape index (κ3) is 2.44. The van der Waals surface area contributed by atoms with E-state index in [1.807, 2.05) is 0 Å². The molecular weight excluding hydrogens is 201 g/mol. The molecule has 0 amide bonds. The Morgan fingerprint density at radius 3 is 2.80 bits per heavy atom. The monoisotopic (exact) mass is 213 g/mol. The van der Waals surface area contributed by atoms with Gasteiger partial charge in [0.05, 0.1) is 7.11 Å². The van der Waals surface area contributed by atoms with Crippen molar-refractivity contribution in [2.24, 2.45) is 5.73 Å². The van der Waals surface area contributed by atoms with Crippen molar-refractivity contribution in [3.05, 3.63) is 29.3 Å². The molecule has 0 spiro atoms. The highest BCUT2D eigenvalue weighted by atomic mass is 19.1. The molecule has 0 aliphatic carbocycles. The molecule has 0 saturated heterocycles. The molecule has 15 heavy (non-hydrogen) atoms. The predicted molar refractivity (Wildman–Crippen MR) is 52.4 cm³/mol. The van der Waals surface area contributed by atoms with Gasteiger partial charge >= 0.3 is 5.97 Å². The second-order valence-corrected chi connectivity index (χ2v) is 3.02. The average Bonchev–Trinajstić information content (AvgIpc) is 2.26. The van der Waals surface area contributed by atoms with E-state index < -0.39 is 18.7 Å². The summed E-state index contributed by atoms with van der Waals surface area (Å²) in [4.78, 5) is 10.6. The van der Waals surface area contributed by atoms with Crippen molar-refractivity contribution in [3.63, 3.8) is 0 Å². The van der Waals surface area contributed by atoms with Gasteiger partial charge in [-0.2, -0.15) is 0 Å². The van der Waals surface area contributed by atoms with E-state index in [1.54, 1.807) is 0 Å². The van der Waals surface area contributed by atoms with E-state index in [4.69, 9.17) is 15.6 Å². The second kappa shape index (κ2) is 4.75. The molecule has 0 aliphatic heterocycles. The summed E-state index contributed by atoms with van der Waals surface area (Å²) < 4.78 is 17.5. The molecule has 5 heteroatoms. The van der Waals surface area contributed by atoms with Crippen LogP contribution >= 0.6 is 0 Å². The molecule has 1 aromatic carbocycles. The van der Waals surface area contributed by atoms with Crippen LogP contribution in [0.4, 0.5) is 4.39 Å². The Kier molecular flexibility index (Phi) is 3.62. The summed E-state index contributed by atoms with van der Waals surface area (Å²) in [5, 5.41) is 8.68. The van der Waals surface area contributed by atoms with Crippen molar-refractivity contribution in [2.75, 3.05) is 7.11 Å². The predicted octanol–water partition coefficient (Wildman–Crippen LogP) is 1.25. The Morgan fingerprint density at radius 1 is 1.67 bits per heavy atom. The number of carboxylic acid groups (broad SMARTS) is 1. The quantitative estimate of drug-likeness (QED) is 0.789. The Hall–Kier alpha value is -1.62. The average molecular weight is 213 g/mol. The summed E-state index contributed by atoms with van der Waals surface area (Å²) in [6.07, 6.45) is 0. The lowest BCUT2D eigenvalue weighted by molar-refractivity contribution is -0.138. The van der Waals surface area contributed by atoms with E-state index in [0.717, 1.165) is 0 Å². The molecule has 4 nitrogen and oxygen atoms in total. The van der Waals surface area contributed by atoms with Gasteiger partial charge in [0.25, 0.3) is 0 Å².